The van der Waals surface area contributed by atoms with Crippen LogP contribution >= 0.6 is 0 Å². The zero-order chi connectivity index (χ0) is 23.8. The van der Waals surface area contributed by atoms with Crippen LogP contribution in [0.25, 0.3) is 10.9 Å². The second-order valence-corrected chi connectivity index (χ2v) is 9.24. The number of nitrogens with zero attached hydrogens (tertiary/aromatic N) is 1. The van der Waals surface area contributed by atoms with Crippen LogP contribution in [-0.4, -0.2) is 48.9 Å². The SMILES string of the molecule is CCC(N)NC(=O)c1cc2cc(C)ccc2nc1NC[C@H](OC)C(CC)NC1CCCCC1. The molecule has 1 saturated carbocycles. The summed E-state index contributed by atoms with van der Waals surface area (Å²) < 4.78 is 5.88. The van der Waals surface area contributed by atoms with Gasteiger partial charge in [-0.15, -0.1) is 0 Å². The smallest absolute Gasteiger partial charge is 0.256 e. The normalized spacial score (nSPS) is 17.5. The van der Waals surface area contributed by atoms with Gasteiger partial charge in [0.2, 0.25) is 0 Å². The third-order valence-electron chi connectivity index (χ3n) is 6.69. The third-order valence-corrected chi connectivity index (χ3v) is 6.69. The summed E-state index contributed by atoms with van der Waals surface area (Å²) in [7, 11) is 1.75. The Hall–Kier alpha value is -2.22. The largest absolute Gasteiger partial charge is 0.378 e. The van der Waals surface area contributed by atoms with E-state index >= 15 is 0 Å². The number of carbonyl (C=O) groups excluding carboxylic acids is 1. The second-order valence-electron chi connectivity index (χ2n) is 9.24. The predicted octanol–water partition coefficient (Wildman–Crippen LogP) is 4.10. The Morgan fingerprint density at radius 1 is 1.18 bits per heavy atom. The van der Waals surface area contributed by atoms with Crippen LogP contribution in [0.5, 0.6) is 0 Å². The van der Waals surface area contributed by atoms with E-state index < -0.39 is 6.17 Å². The lowest BCUT2D eigenvalue weighted by Crippen LogP contribution is -2.49. The first kappa shape index (κ1) is 25.4. The highest BCUT2D eigenvalue weighted by Gasteiger charge is 2.25. The molecule has 3 rings (SSSR count). The van der Waals surface area contributed by atoms with E-state index in [0.717, 1.165) is 22.9 Å². The van der Waals surface area contributed by atoms with E-state index in [1.807, 2.05) is 38.1 Å². The first-order valence-electron chi connectivity index (χ1n) is 12.5. The van der Waals surface area contributed by atoms with Crippen molar-refractivity contribution in [2.24, 2.45) is 5.73 Å². The van der Waals surface area contributed by atoms with Crippen LogP contribution in [0.2, 0.25) is 0 Å². The van der Waals surface area contributed by atoms with Crippen molar-refractivity contribution < 1.29 is 9.53 Å². The van der Waals surface area contributed by atoms with Crippen LogP contribution in [-0.2, 0) is 4.74 Å². The fourth-order valence-corrected chi connectivity index (χ4v) is 4.60. The number of nitrogens with two attached hydrogens (primary N) is 1. The topological polar surface area (TPSA) is 101 Å². The number of rotatable bonds is 11. The Labute approximate surface area is 198 Å². The second kappa shape index (κ2) is 12.3. The fourth-order valence-electron chi connectivity index (χ4n) is 4.60. The van der Waals surface area contributed by atoms with Crippen LogP contribution in [0.1, 0.15) is 74.7 Å². The number of anilines is 1. The molecule has 0 spiro atoms. The van der Waals surface area contributed by atoms with E-state index in [1.54, 1.807) is 7.11 Å². The molecule has 7 heteroatoms. The molecule has 1 amide bonds. The molecule has 182 valence electrons. The number of amides is 1. The van der Waals surface area contributed by atoms with Gasteiger partial charge in [0.15, 0.2) is 0 Å². The van der Waals surface area contributed by atoms with Gasteiger partial charge in [0.25, 0.3) is 5.91 Å². The van der Waals surface area contributed by atoms with Gasteiger partial charge in [-0.25, -0.2) is 4.98 Å². The van der Waals surface area contributed by atoms with Crippen LogP contribution in [0, 0.1) is 6.92 Å². The summed E-state index contributed by atoms with van der Waals surface area (Å²) in [4.78, 5) is 17.8. The third kappa shape index (κ3) is 6.88. The van der Waals surface area contributed by atoms with Gasteiger partial charge in [-0.3, -0.25) is 4.79 Å². The number of ether oxygens (including phenoxy) is 1. The molecule has 2 aromatic rings. The molecule has 0 bridgehead atoms. The summed E-state index contributed by atoms with van der Waals surface area (Å²) in [6, 6.07) is 8.75. The number of aromatic nitrogens is 1. The van der Waals surface area contributed by atoms with E-state index in [1.165, 1.54) is 32.1 Å². The molecule has 1 aromatic carbocycles. The van der Waals surface area contributed by atoms with Crippen molar-refractivity contribution in [3.63, 3.8) is 0 Å². The number of pyridine rings is 1. The lowest BCUT2D eigenvalue weighted by Gasteiger charge is -2.32. The molecule has 3 atom stereocenters. The fraction of sp³-hybridized carbons (Fsp3) is 0.615. The van der Waals surface area contributed by atoms with Crippen LogP contribution in [0.4, 0.5) is 5.82 Å². The molecule has 1 heterocycles. The summed E-state index contributed by atoms with van der Waals surface area (Å²) in [5.74, 6) is 0.339. The zero-order valence-corrected chi connectivity index (χ0v) is 20.6. The van der Waals surface area contributed by atoms with Crippen LogP contribution < -0.4 is 21.7 Å². The van der Waals surface area contributed by atoms with Crippen molar-refractivity contribution in [2.75, 3.05) is 19.0 Å². The van der Waals surface area contributed by atoms with Crippen molar-refractivity contribution in [3.8, 4) is 0 Å². The molecular weight excluding hydrogens is 414 g/mol. The van der Waals surface area contributed by atoms with Gasteiger partial charge < -0.3 is 26.4 Å². The average Bonchev–Trinajstić information content (AvgIpc) is 2.83. The summed E-state index contributed by atoms with van der Waals surface area (Å²) in [6.45, 7) is 6.72. The van der Waals surface area contributed by atoms with Gasteiger partial charge in [0.1, 0.15) is 5.82 Å². The molecule has 5 N–H and O–H groups in total. The highest BCUT2D eigenvalue weighted by atomic mass is 16.5. The van der Waals surface area contributed by atoms with E-state index in [-0.39, 0.29) is 18.1 Å². The van der Waals surface area contributed by atoms with Gasteiger partial charge in [0, 0.05) is 31.1 Å². The highest BCUT2D eigenvalue weighted by Crippen LogP contribution is 2.23. The zero-order valence-electron chi connectivity index (χ0n) is 20.6. The van der Waals surface area contributed by atoms with E-state index in [4.69, 9.17) is 15.5 Å². The Morgan fingerprint density at radius 3 is 2.61 bits per heavy atom. The molecule has 1 aliphatic rings. The molecule has 0 saturated heterocycles. The molecule has 7 nitrogen and oxygen atoms in total. The quantitative estimate of drug-likeness (QED) is 0.381. The van der Waals surface area contributed by atoms with Gasteiger partial charge in [-0.2, -0.15) is 0 Å². The highest BCUT2D eigenvalue weighted by molar-refractivity contribution is 6.02. The standard InChI is InChI=1S/C26H41N5O2/c1-5-21(29-19-10-8-7-9-11-19)23(33-4)16-28-25-20(26(32)31-24(27)6-2)15-18-14-17(3)12-13-22(18)30-25/h12-15,19,21,23-24,29H,5-11,16,27H2,1-4H3,(H,28,30)(H,31,32)/t21?,23-,24?/m0/s1. The van der Waals surface area contributed by atoms with Crippen molar-refractivity contribution in [1.29, 1.82) is 0 Å². The minimum Gasteiger partial charge on any atom is -0.378 e. The number of hydrogen-bond donors (Lipinski definition) is 4. The van der Waals surface area contributed by atoms with Crippen molar-refractivity contribution in [3.05, 3.63) is 35.4 Å². The lowest BCUT2D eigenvalue weighted by molar-refractivity contribution is 0.0698. The van der Waals surface area contributed by atoms with Crippen molar-refractivity contribution >= 4 is 22.6 Å². The average molecular weight is 456 g/mol. The van der Waals surface area contributed by atoms with Crippen molar-refractivity contribution in [2.45, 2.75) is 90.1 Å². The maximum Gasteiger partial charge on any atom is 0.256 e. The molecule has 1 aromatic heterocycles. The molecule has 0 aliphatic heterocycles. The Bertz CT molecular complexity index is 913. The molecule has 1 aliphatic carbocycles. The summed E-state index contributed by atoms with van der Waals surface area (Å²) in [5, 5.41) is 11.0. The summed E-state index contributed by atoms with van der Waals surface area (Å²) in [5.41, 5.74) is 8.46. The molecular formula is C26H41N5O2. The molecule has 0 radical (unpaired) electrons. The number of fused-ring (bicyclic) bond motifs is 1. The number of hydrogen-bond acceptors (Lipinski definition) is 6. The Kier molecular flexibility index (Phi) is 9.47. The van der Waals surface area contributed by atoms with Crippen molar-refractivity contribution in [1.82, 2.24) is 15.6 Å². The molecule has 33 heavy (non-hydrogen) atoms. The van der Waals surface area contributed by atoms with Gasteiger partial charge in [-0.05, 0) is 50.8 Å². The number of benzene rings is 1. The maximum atomic E-state index is 13.0. The predicted molar refractivity (Wildman–Crippen MR) is 136 cm³/mol. The maximum absolute atomic E-state index is 13.0. The van der Waals surface area contributed by atoms with Crippen LogP contribution in [0.3, 0.4) is 0 Å². The van der Waals surface area contributed by atoms with Crippen LogP contribution in [0.15, 0.2) is 24.3 Å². The minimum absolute atomic E-state index is 0.0405. The van der Waals surface area contributed by atoms with E-state index in [0.29, 0.717) is 30.4 Å². The number of nitrogens with one attached hydrogen (secondary N) is 3. The number of carbonyl (C=O) groups is 1. The molecule has 1 fully saturated rings. The Balaban J connectivity index is 1.80. The lowest BCUT2D eigenvalue weighted by atomic mass is 9.94. The molecule has 2 unspecified atom stereocenters. The first-order valence-corrected chi connectivity index (χ1v) is 12.5. The number of methoxy groups -OCH3 is 1. The van der Waals surface area contributed by atoms with E-state index in [9.17, 15) is 4.79 Å². The van der Waals surface area contributed by atoms with Gasteiger partial charge in [0.05, 0.1) is 23.3 Å². The number of aryl methyl sites for hydroxylation is 1. The summed E-state index contributed by atoms with van der Waals surface area (Å²) >= 11 is 0. The monoisotopic (exact) mass is 455 g/mol. The minimum atomic E-state index is -0.394. The Morgan fingerprint density at radius 2 is 1.94 bits per heavy atom. The van der Waals surface area contributed by atoms with Gasteiger partial charge in [-0.1, -0.05) is 44.7 Å². The first-order chi connectivity index (χ1) is 15.9. The summed E-state index contributed by atoms with van der Waals surface area (Å²) in [6.07, 6.45) is 7.58. The van der Waals surface area contributed by atoms with Gasteiger partial charge >= 0.3 is 0 Å². The van der Waals surface area contributed by atoms with E-state index in [2.05, 4.69) is 22.9 Å².